The van der Waals surface area contributed by atoms with E-state index in [0.717, 1.165) is 0 Å². The van der Waals surface area contributed by atoms with Crippen LogP contribution in [0, 0.1) is 5.41 Å². The average molecular weight is 268 g/mol. The van der Waals surface area contributed by atoms with Crippen LogP contribution in [0.4, 0.5) is 5.82 Å². The number of nitrogens with zero attached hydrogens (tertiary/aromatic N) is 1. The van der Waals surface area contributed by atoms with Gasteiger partial charge in [-0.3, -0.25) is 10.2 Å². The largest absolute Gasteiger partial charge is 0.480 e. The molecule has 1 unspecified atom stereocenters. The quantitative estimate of drug-likeness (QED) is 0.234. The molecule has 1 aromatic rings. The SMILES string of the molecule is N=C(N)NCCCC(N)C(=O)O.Nc1ccccn1. The molecular weight excluding hydrogens is 248 g/mol. The first-order chi connectivity index (χ1) is 8.93. The predicted molar refractivity (Wildman–Crippen MR) is 73.4 cm³/mol. The van der Waals surface area contributed by atoms with Crippen LogP contribution in [-0.2, 0) is 4.79 Å². The van der Waals surface area contributed by atoms with Gasteiger partial charge in [-0.1, -0.05) is 6.07 Å². The Balaban J connectivity index is 0.000000388. The monoisotopic (exact) mass is 268 g/mol. The molecule has 0 radical (unpaired) electrons. The minimum Gasteiger partial charge on any atom is -0.480 e. The molecule has 0 aliphatic heterocycles. The Bertz CT molecular complexity index is 384. The first-order valence-corrected chi connectivity index (χ1v) is 5.66. The lowest BCUT2D eigenvalue weighted by molar-refractivity contribution is -0.138. The van der Waals surface area contributed by atoms with E-state index in [4.69, 9.17) is 27.7 Å². The molecule has 1 rings (SSSR count). The van der Waals surface area contributed by atoms with Crippen LogP contribution >= 0.6 is 0 Å². The van der Waals surface area contributed by atoms with Crippen molar-refractivity contribution in [3.63, 3.8) is 0 Å². The Morgan fingerprint density at radius 1 is 1.53 bits per heavy atom. The molecule has 0 spiro atoms. The third-order valence-electron chi connectivity index (χ3n) is 2.01. The molecule has 8 nitrogen and oxygen atoms in total. The number of aromatic nitrogens is 1. The van der Waals surface area contributed by atoms with Crippen LogP contribution in [0.1, 0.15) is 12.8 Å². The molecule has 1 atom stereocenters. The molecule has 9 N–H and O–H groups in total. The lowest BCUT2D eigenvalue weighted by Crippen LogP contribution is -2.34. The van der Waals surface area contributed by atoms with E-state index in [1.165, 1.54) is 0 Å². The number of hydrogen-bond donors (Lipinski definition) is 6. The molecule has 1 aromatic heterocycles. The molecular formula is C11H20N6O2. The van der Waals surface area contributed by atoms with E-state index in [2.05, 4.69) is 10.3 Å². The van der Waals surface area contributed by atoms with E-state index in [0.29, 0.717) is 25.2 Å². The summed E-state index contributed by atoms with van der Waals surface area (Å²) in [5.74, 6) is -0.542. The van der Waals surface area contributed by atoms with Gasteiger partial charge in [-0.05, 0) is 25.0 Å². The lowest BCUT2D eigenvalue weighted by atomic mass is 10.2. The normalized spacial score (nSPS) is 10.8. The minimum atomic E-state index is -1.00. The van der Waals surface area contributed by atoms with Crippen molar-refractivity contribution >= 4 is 17.7 Å². The number of nitrogens with two attached hydrogens (primary N) is 3. The standard InChI is InChI=1S/C6H14N4O2.C5H6N2/c7-4(5(11)12)2-1-3-10-6(8)9;6-5-3-1-2-4-7-5/h4H,1-3,7H2,(H,11,12)(H4,8,9,10);1-4H,(H2,6,7). The lowest BCUT2D eigenvalue weighted by Gasteiger charge is -2.06. The third kappa shape index (κ3) is 10.5. The van der Waals surface area contributed by atoms with Crippen molar-refractivity contribution in [2.75, 3.05) is 12.3 Å². The van der Waals surface area contributed by atoms with Crippen molar-refractivity contribution in [1.82, 2.24) is 10.3 Å². The first-order valence-electron chi connectivity index (χ1n) is 5.66. The number of hydrogen-bond acceptors (Lipinski definition) is 5. The van der Waals surface area contributed by atoms with Crippen molar-refractivity contribution in [1.29, 1.82) is 5.41 Å². The van der Waals surface area contributed by atoms with Crippen LogP contribution < -0.4 is 22.5 Å². The van der Waals surface area contributed by atoms with Gasteiger partial charge in [0.05, 0.1) is 0 Å². The van der Waals surface area contributed by atoms with E-state index in [1.807, 2.05) is 12.1 Å². The Labute approximate surface area is 111 Å². The molecule has 0 aromatic carbocycles. The van der Waals surface area contributed by atoms with E-state index in [9.17, 15) is 4.79 Å². The van der Waals surface area contributed by atoms with Crippen LogP contribution in [-0.4, -0.2) is 34.6 Å². The number of carbonyl (C=O) groups is 1. The summed E-state index contributed by atoms with van der Waals surface area (Å²) in [6.07, 6.45) is 2.64. The minimum absolute atomic E-state index is 0.112. The van der Waals surface area contributed by atoms with Crippen molar-refractivity contribution in [3.05, 3.63) is 24.4 Å². The van der Waals surface area contributed by atoms with Gasteiger partial charge in [0, 0.05) is 12.7 Å². The van der Waals surface area contributed by atoms with Crippen LogP contribution in [0.15, 0.2) is 24.4 Å². The highest BCUT2D eigenvalue weighted by Crippen LogP contribution is 1.92. The van der Waals surface area contributed by atoms with E-state index >= 15 is 0 Å². The average Bonchev–Trinajstić information content (AvgIpc) is 2.35. The number of aliphatic carboxylic acids is 1. The number of nitrogens with one attached hydrogen (secondary N) is 2. The molecule has 0 aliphatic rings. The number of anilines is 1. The fourth-order valence-electron chi connectivity index (χ4n) is 1.04. The maximum Gasteiger partial charge on any atom is 0.320 e. The van der Waals surface area contributed by atoms with E-state index < -0.39 is 12.0 Å². The van der Waals surface area contributed by atoms with Crippen LogP contribution in [0.2, 0.25) is 0 Å². The highest BCUT2D eigenvalue weighted by molar-refractivity contribution is 5.74. The number of nitrogen functional groups attached to an aromatic ring is 1. The molecule has 19 heavy (non-hydrogen) atoms. The summed E-state index contributed by atoms with van der Waals surface area (Å²) >= 11 is 0. The fourth-order valence-corrected chi connectivity index (χ4v) is 1.04. The fraction of sp³-hybridized carbons (Fsp3) is 0.364. The molecule has 0 aliphatic carbocycles. The van der Waals surface area contributed by atoms with Gasteiger partial charge in [0.15, 0.2) is 5.96 Å². The molecule has 0 saturated heterocycles. The summed E-state index contributed by atoms with van der Waals surface area (Å²) in [4.78, 5) is 14.0. The van der Waals surface area contributed by atoms with Gasteiger partial charge in [-0.15, -0.1) is 0 Å². The Kier molecular flexibility index (Phi) is 8.46. The predicted octanol–water partition coefficient (Wildman–Crippen LogP) is -0.675. The van der Waals surface area contributed by atoms with Gasteiger partial charge in [0.25, 0.3) is 0 Å². The van der Waals surface area contributed by atoms with Gasteiger partial charge in [0.1, 0.15) is 11.9 Å². The summed E-state index contributed by atoms with van der Waals surface area (Å²) < 4.78 is 0. The van der Waals surface area contributed by atoms with Crippen molar-refractivity contribution < 1.29 is 9.90 Å². The van der Waals surface area contributed by atoms with Crippen LogP contribution in [0.5, 0.6) is 0 Å². The first kappa shape index (κ1) is 16.6. The molecule has 0 fully saturated rings. The Hall–Kier alpha value is -2.35. The topological polar surface area (TPSA) is 164 Å². The second kappa shape index (κ2) is 9.66. The number of carboxylic acid groups (broad SMARTS) is 1. The molecule has 106 valence electrons. The summed E-state index contributed by atoms with van der Waals surface area (Å²) in [6.45, 7) is 0.482. The van der Waals surface area contributed by atoms with Crippen molar-refractivity contribution in [3.8, 4) is 0 Å². The summed E-state index contributed by atoms with van der Waals surface area (Å²) in [7, 11) is 0. The highest BCUT2D eigenvalue weighted by atomic mass is 16.4. The van der Waals surface area contributed by atoms with Gasteiger partial charge in [0.2, 0.25) is 0 Å². The summed E-state index contributed by atoms with van der Waals surface area (Å²) in [5, 5.41) is 17.7. The smallest absolute Gasteiger partial charge is 0.320 e. The van der Waals surface area contributed by atoms with E-state index in [-0.39, 0.29) is 5.96 Å². The number of rotatable bonds is 5. The Morgan fingerprint density at radius 3 is 2.58 bits per heavy atom. The second-order valence-electron chi connectivity index (χ2n) is 3.68. The van der Waals surface area contributed by atoms with Crippen LogP contribution in [0.3, 0.4) is 0 Å². The number of carboxylic acids is 1. The zero-order valence-electron chi connectivity index (χ0n) is 10.5. The Morgan fingerprint density at radius 2 is 2.21 bits per heavy atom. The summed E-state index contributed by atoms with van der Waals surface area (Å²) in [6, 6.07) is 4.61. The molecule has 8 heteroatoms. The maximum atomic E-state index is 10.2. The third-order valence-corrected chi connectivity index (χ3v) is 2.01. The molecule has 1 heterocycles. The molecule has 0 saturated carbocycles. The zero-order chi connectivity index (χ0) is 14.7. The zero-order valence-corrected chi connectivity index (χ0v) is 10.5. The van der Waals surface area contributed by atoms with E-state index in [1.54, 1.807) is 12.3 Å². The van der Waals surface area contributed by atoms with Gasteiger partial charge >= 0.3 is 5.97 Å². The van der Waals surface area contributed by atoms with Crippen LogP contribution in [0.25, 0.3) is 0 Å². The van der Waals surface area contributed by atoms with Gasteiger partial charge in [-0.25, -0.2) is 4.98 Å². The van der Waals surface area contributed by atoms with Crippen molar-refractivity contribution in [2.24, 2.45) is 11.5 Å². The summed E-state index contributed by atoms with van der Waals surface area (Å²) in [5.41, 5.74) is 15.5. The maximum absolute atomic E-state index is 10.2. The molecule has 0 bridgehead atoms. The number of pyridine rings is 1. The highest BCUT2D eigenvalue weighted by Gasteiger charge is 2.09. The van der Waals surface area contributed by atoms with Crippen molar-refractivity contribution in [2.45, 2.75) is 18.9 Å². The van der Waals surface area contributed by atoms with Gasteiger partial charge < -0.3 is 27.6 Å². The van der Waals surface area contributed by atoms with Gasteiger partial charge in [-0.2, -0.15) is 0 Å². The number of guanidine groups is 1. The molecule has 0 amide bonds. The second-order valence-corrected chi connectivity index (χ2v) is 3.68.